The molecule has 1 rings (SSSR count). The number of benzene rings is 1. The van der Waals surface area contributed by atoms with Gasteiger partial charge in [-0.2, -0.15) is 0 Å². The van der Waals surface area contributed by atoms with Crippen molar-refractivity contribution in [1.29, 1.82) is 0 Å². The monoisotopic (exact) mass is 251 g/mol. The molecular formula is C12H13NO5. The maximum Gasteiger partial charge on any atom is 0.337 e. The third-order valence-electron chi connectivity index (χ3n) is 2.03. The van der Waals surface area contributed by atoms with E-state index in [0.29, 0.717) is 11.3 Å². The minimum absolute atomic E-state index is 0.340. The summed E-state index contributed by atoms with van der Waals surface area (Å²) >= 11 is 0. The maximum absolute atomic E-state index is 11.3. The summed E-state index contributed by atoms with van der Waals surface area (Å²) in [6, 6.07) is 5.91. The van der Waals surface area contributed by atoms with Gasteiger partial charge in [0.25, 0.3) is 5.91 Å². The van der Waals surface area contributed by atoms with Crippen molar-refractivity contribution in [3.63, 3.8) is 0 Å². The van der Waals surface area contributed by atoms with Gasteiger partial charge in [-0.15, -0.1) is 5.06 Å². The molecule has 0 spiro atoms. The summed E-state index contributed by atoms with van der Waals surface area (Å²) in [5, 5.41) is 0.851. The molecule has 0 bridgehead atoms. The van der Waals surface area contributed by atoms with Gasteiger partial charge in [0.15, 0.2) is 0 Å². The van der Waals surface area contributed by atoms with E-state index in [1.54, 1.807) is 0 Å². The van der Waals surface area contributed by atoms with Crippen LogP contribution in [0.1, 0.15) is 24.2 Å². The first kappa shape index (κ1) is 13.7. The summed E-state index contributed by atoms with van der Waals surface area (Å²) in [6.07, 6.45) is 0. The molecule has 0 aliphatic rings. The van der Waals surface area contributed by atoms with E-state index in [2.05, 4.69) is 4.74 Å². The minimum Gasteiger partial charge on any atom is -0.465 e. The highest BCUT2D eigenvalue weighted by atomic mass is 16.7. The van der Waals surface area contributed by atoms with Crippen molar-refractivity contribution in [2.24, 2.45) is 0 Å². The number of anilines is 1. The fraction of sp³-hybridized carbons (Fsp3) is 0.250. The molecule has 0 aliphatic heterocycles. The second-order valence-electron chi connectivity index (χ2n) is 3.43. The third kappa shape index (κ3) is 3.31. The molecule has 0 aliphatic carbocycles. The molecular weight excluding hydrogens is 238 g/mol. The Labute approximate surface area is 104 Å². The Balaban J connectivity index is 2.97. The van der Waals surface area contributed by atoms with Crippen molar-refractivity contribution in [3.8, 4) is 0 Å². The lowest BCUT2D eigenvalue weighted by Crippen LogP contribution is -2.30. The highest BCUT2D eigenvalue weighted by Gasteiger charge is 2.15. The van der Waals surface area contributed by atoms with Gasteiger partial charge in [0, 0.05) is 13.8 Å². The number of ether oxygens (including phenoxy) is 1. The lowest BCUT2D eigenvalue weighted by molar-refractivity contribution is -0.147. The molecule has 0 aromatic heterocycles. The molecule has 0 unspecified atom stereocenters. The Bertz CT molecular complexity index is 466. The van der Waals surface area contributed by atoms with Crippen molar-refractivity contribution in [2.75, 3.05) is 12.2 Å². The molecule has 18 heavy (non-hydrogen) atoms. The van der Waals surface area contributed by atoms with Gasteiger partial charge in [0.05, 0.1) is 18.4 Å². The number of hydroxylamine groups is 1. The van der Waals surface area contributed by atoms with Crippen LogP contribution in [0.2, 0.25) is 0 Å². The van der Waals surface area contributed by atoms with E-state index < -0.39 is 17.8 Å². The van der Waals surface area contributed by atoms with Crippen LogP contribution in [0.15, 0.2) is 24.3 Å². The normalized spacial score (nSPS) is 9.50. The first-order valence-corrected chi connectivity index (χ1v) is 5.13. The average molecular weight is 251 g/mol. The van der Waals surface area contributed by atoms with Crippen LogP contribution in [0, 0.1) is 0 Å². The van der Waals surface area contributed by atoms with Crippen LogP contribution >= 0.6 is 0 Å². The fourth-order valence-corrected chi connectivity index (χ4v) is 1.28. The van der Waals surface area contributed by atoms with E-state index in [4.69, 9.17) is 4.84 Å². The summed E-state index contributed by atoms with van der Waals surface area (Å²) in [5.41, 5.74) is 0.693. The maximum atomic E-state index is 11.3. The predicted octanol–water partition coefficient (Wildman–Crippen LogP) is 1.30. The molecule has 1 aromatic rings. The molecule has 0 N–H and O–H groups in total. The van der Waals surface area contributed by atoms with E-state index in [1.807, 2.05) is 0 Å². The quantitative estimate of drug-likeness (QED) is 0.585. The molecule has 6 nitrogen and oxygen atoms in total. The van der Waals surface area contributed by atoms with Crippen LogP contribution in [-0.4, -0.2) is 25.0 Å². The third-order valence-corrected chi connectivity index (χ3v) is 2.03. The van der Waals surface area contributed by atoms with Crippen molar-refractivity contribution in [1.82, 2.24) is 0 Å². The number of rotatable bonds is 2. The number of hydrogen-bond donors (Lipinski definition) is 0. The molecule has 6 heteroatoms. The Morgan fingerprint density at radius 2 is 1.61 bits per heavy atom. The summed E-state index contributed by atoms with van der Waals surface area (Å²) in [5.74, 6) is -1.54. The molecule has 0 radical (unpaired) electrons. The first-order valence-electron chi connectivity index (χ1n) is 5.13. The number of methoxy groups -OCH3 is 1. The van der Waals surface area contributed by atoms with Crippen LogP contribution in [0.3, 0.4) is 0 Å². The zero-order chi connectivity index (χ0) is 13.7. The number of nitrogens with zero attached hydrogens (tertiary/aromatic N) is 1. The predicted molar refractivity (Wildman–Crippen MR) is 62.7 cm³/mol. The lowest BCUT2D eigenvalue weighted by Gasteiger charge is -2.18. The lowest BCUT2D eigenvalue weighted by atomic mass is 10.2. The standard InChI is InChI=1S/C12H13NO5/c1-8(14)13(18-9(2)15)11-6-4-10(5-7-11)12(16)17-3/h4-7H,1-3H3. The number of esters is 1. The van der Waals surface area contributed by atoms with Crippen LogP contribution in [0.4, 0.5) is 5.69 Å². The van der Waals surface area contributed by atoms with Crippen molar-refractivity contribution in [3.05, 3.63) is 29.8 Å². The van der Waals surface area contributed by atoms with Crippen LogP contribution in [0.25, 0.3) is 0 Å². The summed E-state index contributed by atoms with van der Waals surface area (Å²) in [7, 11) is 1.27. The molecule has 0 heterocycles. The Morgan fingerprint density at radius 3 is 2.00 bits per heavy atom. The van der Waals surface area contributed by atoms with E-state index >= 15 is 0 Å². The van der Waals surface area contributed by atoms with E-state index in [9.17, 15) is 14.4 Å². The molecule has 0 saturated carbocycles. The smallest absolute Gasteiger partial charge is 0.337 e. The number of carbonyl (C=O) groups is 3. The largest absolute Gasteiger partial charge is 0.465 e. The highest BCUT2D eigenvalue weighted by Crippen LogP contribution is 2.16. The molecule has 1 amide bonds. The Morgan fingerprint density at radius 1 is 1.06 bits per heavy atom. The van der Waals surface area contributed by atoms with Gasteiger partial charge in [-0.05, 0) is 24.3 Å². The van der Waals surface area contributed by atoms with E-state index in [1.165, 1.54) is 45.2 Å². The van der Waals surface area contributed by atoms with Gasteiger partial charge in [-0.25, -0.2) is 9.59 Å². The van der Waals surface area contributed by atoms with Gasteiger partial charge in [0.2, 0.25) is 0 Å². The van der Waals surface area contributed by atoms with Crippen molar-refractivity contribution >= 4 is 23.5 Å². The van der Waals surface area contributed by atoms with E-state index in [-0.39, 0.29) is 0 Å². The van der Waals surface area contributed by atoms with Gasteiger partial charge < -0.3 is 9.57 Å². The summed E-state index contributed by atoms with van der Waals surface area (Å²) < 4.78 is 4.54. The van der Waals surface area contributed by atoms with Gasteiger partial charge >= 0.3 is 11.9 Å². The van der Waals surface area contributed by atoms with Crippen molar-refractivity contribution < 1.29 is 24.0 Å². The SMILES string of the molecule is COC(=O)c1ccc(N(OC(C)=O)C(C)=O)cc1. The van der Waals surface area contributed by atoms with E-state index in [0.717, 1.165) is 5.06 Å². The zero-order valence-corrected chi connectivity index (χ0v) is 10.3. The van der Waals surface area contributed by atoms with Crippen molar-refractivity contribution in [2.45, 2.75) is 13.8 Å². The zero-order valence-electron chi connectivity index (χ0n) is 10.3. The number of amides is 1. The molecule has 0 atom stereocenters. The molecule has 0 saturated heterocycles. The van der Waals surface area contributed by atoms with Crippen LogP contribution < -0.4 is 5.06 Å². The average Bonchev–Trinajstić information content (AvgIpc) is 2.34. The highest BCUT2D eigenvalue weighted by molar-refractivity contribution is 5.93. The molecule has 0 fully saturated rings. The minimum atomic E-state index is -0.609. The van der Waals surface area contributed by atoms with Crippen LogP contribution in [-0.2, 0) is 19.2 Å². The Hall–Kier alpha value is -2.37. The first-order chi connectivity index (χ1) is 8.45. The van der Waals surface area contributed by atoms with Gasteiger partial charge in [-0.1, -0.05) is 0 Å². The molecule has 96 valence electrons. The van der Waals surface area contributed by atoms with Crippen LogP contribution in [0.5, 0.6) is 0 Å². The topological polar surface area (TPSA) is 72.9 Å². The molecule has 1 aromatic carbocycles. The van der Waals surface area contributed by atoms with Gasteiger partial charge in [0.1, 0.15) is 0 Å². The summed E-state index contributed by atoms with van der Waals surface area (Å²) in [6.45, 7) is 2.45. The fourth-order valence-electron chi connectivity index (χ4n) is 1.28. The number of carbonyl (C=O) groups excluding carboxylic acids is 3. The summed E-state index contributed by atoms with van der Waals surface area (Å²) in [4.78, 5) is 38.1. The second-order valence-corrected chi connectivity index (χ2v) is 3.43. The number of hydrogen-bond acceptors (Lipinski definition) is 5. The van der Waals surface area contributed by atoms with Gasteiger partial charge in [-0.3, -0.25) is 4.79 Å². The second kappa shape index (κ2) is 5.81. The Kier molecular flexibility index (Phi) is 4.42.